The van der Waals surface area contributed by atoms with Crippen LogP contribution in [0, 0.1) is 0 Å². The Hall–Kier alpha value is -0.680. The minimum atomic E-state index is -0.555. The van der Waals surface area contributed by atoms with Crippen LogP contribution in [0.5, 0.6) is 0 Å². The van der Waals surface area contributed by atoms with Crippen molar-refractivity contribution < 1.29 is 14.3 Å². The van der Waals surface area contributed by atoms with Gasteiger partial charge >= 0.3 is 0 Å². The van der Waals surface area contributed by atoms with E-state index >= 15 is 0 Å². The molecule has 1 aliphatic rings. The molecule has 12 heavy (non-hydrogen) atoms. The smallest absolute Gasteiger partial charge is 0.237 e. The molecule has 0 aromatic rings. The number of β-amino-alcohol motifs (C(OH)–C–C–N with tert-alkyl or cyclic N) is 1. The highest BCUT2D eigenvalue weighted by Crippen LogP contribution is 2.05. The molecule has 0 aromatic heterocycles. The van der Waals surface area contributed by atoms with E-state index in [0.29, 0.717) is 13.0 Å². The molecule has 1 heterocycles. The van der Waals surface area contributed by atoms with Gasteiger partial charge < -0.3 is 15.7 Å². The van der Waals surface area contributed by atoms with Gasteiger partial charge in [-0.3, -0.25) is 4.79 Å². The molecule has 0 bridgehead atoms. The van der Waals surface area contributed by atoms with Crippen LogP contribution < -0.4 is 10.6 Å². The lowest BCUT2D eigenvalue weighted by Crippen LogP contribution is -2.41. The summed E-state index contributed by atoms with van der Waals surface area (Å²) in [6.45, 7) is -0.0676. The van der Waals surface area contributed by atoms with E-state index in [1.54, 1.807) is 0 Å². The van der Waals surface area contributed by atoms with Crippen LogP contribution in [0.15, 0.2) is 0 Å². The number of alkyl halides is 1. The van der Waals surface area contributed by atoms with Gasteiger partial charge in [-0.1, -0.05) is 0 Å². The van der Waals surface area contributed by atoms with E-state index in [-0.39, 0.29) is 18.5 Å². The summed E-state index contributed by atoms with van der Waals surface area (Å²) in [7, 11) is 0. The number of aliphatic hydroxyl groups excluding tert-OH is 1. The first kappa shape index (κ1) is 9.41. The van der Waals surface area contributed by atoms with Crippen molar-refractivity contribution in [2.24, 2.45) is 0 Å². The van der Waals surface area contributed by atoms with Crippen molar-refractivity contribution >= 4 is 5.91 Å². The van der Waals surface area contributed by atoms with E-state index in [4.69, 9.17) is 5.11 Å². The zero-order chi connectivity index (χ0) is 8.97. The Morgan fingerprint density at radius 3 is 3.00 bits per heavy atom. The van der Waals surface area contributed by atoms with E-state index in [1.807, 2.05) is 0 Å². The first-order chi connectivity index (χ1) is 5.74. The fourth-order valence-corrected chi connectivity index (χ4v) is 1.21. The third-order valence-corrected chi connectivity index (χ3v) is 1.82. The second kappa shape index (κ2) is 4.37. The molecule has 0 aromatic carbocycles. The first-order valence-corrected chi connectivity index (χ1v) is 3.99. The maximum absolute atomic E-state index is 11.6. The van der Waals surface area contributed by atoms with E-state index in [9.17, 15) is 9.18 Å². The lowest BCUT2D eigenvalue weighted by molar-refractivity contribution is -0.122. The largest absolute Gasteiger partial charge is 0.392 e. The number of halogens is 1. The molecular weight excluding hydrogens is 163 g/mol. The van der Waals surface area contributed by atoms with Gasteiger partial charge in [0, 0.05) is 13.1 Å². The Balaban J connectivity index is 2.23. The number of aliphatic hydroxyl groups is 1. The Kier molecular flexibility index (Phi) is 3.43. The number of nitrogens with one attached hydrogen (secondary N) is 2. The number of carbonyl (C=O) groups excluding carboxylic acids is 1. The SMILES string of the molecule is O=C(NCCF)C1CC(O)CN1. The Morgan fingerprint density at radius 1 is 1.75 bits per heavy atom. The number of carbonyl (C=O) groups is 1. The summed E-state index contributed by atoms with van der Waals surface area (Å²) >= 11 is 0. The lowest BCUT2D eigenvalue weighted by atomic mass is 10.2. The quantitative estimate of drug-likeness (QED) is 0.506. The van der Waals surface area contributed by atoms with Crippen molar-refractivity contribution in [2.45, 2.75) is 18.6 Å². The standard InChI is InChI=1S/C7H13FN2O2/c8-1-2-9-7(12)6-3-5(11)4-10-6/h5-6,10-11H,1-4H2,(H,9,12). The number of rotatable bonds is 3. The Morgan fingerprint density at radius 2 is 2.50 bits per heavy atom. The predicted octanol–water partition coefficient (Wildman–Crippen LogP) is -1.21. The van der Waals surface area contributed by atoms with Crippen LogP contribution in [0.3, 0.4) is 0 Å². The van der Waals surface area contributed by atoms with Gasteiger partial charge in [-0.2, -0.15) is 0 Å². The van der Waals surface area contributed by atoms with E-state index < -0.39 is 12.8 Å². The van der Waals surface area contributed by atoms with Gasteiger partial charge in [-0.15, -0.1) is 0 Å². The highest BCUT2D eigenvalue weighted by Gasteiger charge is 2.27. The normalized spacial score (nSPS) is 28.8. The average Bonchev–Trinajstić information content (AvgIpc) is 2.47. The zero-order valence-electron chi connectivity index (χ0n) is 6.72. The predicted molar refractivity (Wildman–Crippen MR) is 41.4 cm³/mol. The molecule has 1 amide bonds. The third kappa shape index (κ3) is 2.42. The molecule has 2 unspecified atom stereocenters. The molecule has 4 nitrogen and oxygen atoms in total. The van der Waals surface area contributed by atoms with Gasteiger partial charge in [0.25, 0.3) is 0 Å². The minimum absolute atomic E-state index is 0.0487. The summed E-state index contributed by atoms with van der Waals surface area (Å²) in [5.41, 5.74) is 0. The summed E-state index contributed by atoms with van der Waals surface area (Å²) in [5, 5.41) is 14.3. The molecule has 70 valence electrons. The van der Waals surface area contributed by atoms with Gasteiger partial charge in [0.05, 0.1) is 12.1 Å². The summed E-state index contributed by atoms with van der Waals surface area (Å²) in [6, 6.07) is -0.355. The summed E-state index contributed by atoms with van der Waals surface area (Å²) in [5.74, 6) is -0.232. The highest BCUT2D eigenvalue weighted by atomic mass is 19.1. The van der Waals surface area contributed by atoms with Crippen LogP contribution in [-0.4, -0.2) is 42.9 Å². The fraction of sp³-hybridized carbons (Fsp3) is 0.857. The molecule has 1 saturated heterocycles. The zero-order valence-corrected chi connectivity index (χ0v) is 6.72. The molecule has 5 heteroatoms. The maximum atomic E-state index is 11.6. The van der Waals surface area contributed by atoms with Crippen molar-refractivity contribution in [3.8, 4) is 0 Å². The molecule has 3 N–H and O–H groups in total. The van der Waals surface area contributed by atoms with Gasteiger partial charge in [0.1, 0.15) is 6.67 Å². The molecule has 0 spiro atoms. The van der Waals surface area contributed by atoms with E-state index in [0.717, 1.165) is 0 Å². The van der Waals surface area contributed by atoms with Crippen LogP contribution in [0.25, 0.3) is 0 Å². The van der Waals surface area contributed by atoms with Crippen molar-refractivity contribution in [1.82, 2.24) is 10.6 Å². The monoisotopic (exact) mass is 176 g/mol. The minimum Gasteiger partial charge on any atom is -0.392 e. The number of hydrogen-bond acceptors (Lipinski definition) is 3. The topological polar surface area (TPSA) is 61.4 Å². The van der Waals surface area contributed by atoms with E-state index in [2.05, 4.69) is 10.6 Å². The summed E-state index contributed by atoms with van der Waals surface area (Å²) in [4.78, 5) is 11.1. The first-order valence-electron chi connectivity index (χ1n) is 3.99. The second-order valence-electron chi connectivity index (χ2n) is 2.83. The van der Waals surface area contributed by atoms with Gasteiger partial charge in [0.15, 0.2) is 0 Å². The molecular formula is C7H13FN2O2. The van der Waals surface area contributed by atoms with Crippen molar-refractivity contribution in [2.75, 3.05) is 19.8 Å². The van der Waals surface area contributed by atoms with Gasteiger partial charge in [-0.25, -0.2) is 4.39 Å². The van der Waals surface area contributed by atoms with Crippen LogP contribution in [-0.2, 0) is 4.79 Å². The van der Waals surface area contributed by atoms with Crippen LogP contribution in [0.2, 0.25) is 0 Å². The van der Waals surface area contributed by atoms with Gasteiger partial charge in [0.2, 0.25) is 5.91 Å². The molecule has 0 aliphatic carbocycles. The molecule has 1 rings (SSSR count). The summed E-state index contributed by atoms with van der Waals surface area (Å²) in [6.07, 6.45) is -0.0379. The average molecular weight is 176 g/mol. The Labute approximate surface area is 70.1 Å². The fourth-order valence-electron chi connectivity index (χ4n) is 1.21. The Bertz CT molecular complexity index is 165. The maximum Gasteiger partial charge on any atom is 0.237 e. The molecule has 0 saturated carbocycles. The number of hydrogen-bond donors (Lipinski definition) is 3. The third-order valence-electron chi connectivity index (χ3n) is 1.82. The van der Waals surface area contributed by atoms with Gasteiger partial charge in [-0.05, 0) is 6.42 Å². The molecule has 0 radical (unpaired) electrons. The van der Waals surface area contributed by atoms with Crippen molar-refractivity contribution in [3.63, 3.8) is 0 Å². The van der Waals surface area contributed by atoms with Crippen molar-refractivity contribution in [1.29, 1.82) is 0 Å². The second-order valence-corrected chi connectivity index (χ2v) is 2.83. The molecule has 2 atom stereocenters. The van der Waals surface area contributed by atoms with Crippen LogP contribution >= 0.6 is 0 Å². The summed E-state index contributed by atoms with van der Waals surface area (Å²) < 4.78 is 11.6. The van der Waals surface area contributed by atoms with E-state index in [1.165, 1.54) is 0 Å². The molecule has 1 fully saturated rings. The van der Waals surface area contributed by atoms with Crippen molar-refractivity contribution in [3.05, 3.63) is 0 Å². The molecule has 1 aliphatic heterocycles. The highest BCUT2D eigenvalue weighted by molar-refractivity contribution is 5.82. The number of amides is 1. The lowest BCUT2D eigenvalue weighted by Gasteiger charge is -2.08. The van der Waals surface area contributed by atoms with Crippen LogP contribution in [0.4, 0.5) is 4.39 Å². The van der Waals surface area contributed by atoms with Crippen LogP contribution in [0.1, 0.15) is 6.42 Å².